The van der Waals surface area contributed by atoms with Crippen LogP contribution in [0.3, 0.4) is 0 Å². The first-order valence-electron chi connectivity index (χ1n) is 13.7. The zero-order valence-electron chi connectivity index (χ0n) is 21.9. The molecule has 198 valence electrons. The number of rotatable bonds is 9. The van der Waals surface area contributed by atoms with E-state index in [4.69, 9.17) is 9.72 Å². The molecule has 8 heteroatoms. The van der Waals surface area contributed by atoms with Gasteiger partial charge in [-0.05, 0) is 61.7 Å². The highest BCUT2D eigenvalue weighted by Crippen LogP contribution is 2.39. The Labute approximate surface area is 223 Å². The Morgan fingerprint density at radius 1 is 1.19 bits per heavy atom. The van der Waals surface area contributed by atoms with Gasteiger partial charge in [-0.2, -0.15) is 0 Å². The van der Waals surface area contributed by atoms with Gasteiger partial charge in [-0.1, -0.05) is 39.2 Å². The molecule has 2 aromatic heterocycles. The van der Waals surface area contributed by atoms with E-state index >= 15 is 0 Å². The zero-order valence-corrected chi connectivity index (χ0v) is 22.7. The van der Waals surface area contributed by atoms with Crippen LogP contribution in [0.1, 0.15) is 92.3 Å². The number of thiophene rings is 1. The third kappa shape index (κ3) is 5.75. The van der Waals surface area contributed by atoms with Gasteiger partial charge < -0.3 is 19.9 Å². The minimum atomic E-state index is -0.264. The van der Waals surface area contributed by atoms with Crippen LogP contribution in [0.2, 0.25) is 0 Å². The van der Waals surface area contributed by atoms with Crippen molar-refractivity contribution < 1.29 is 14.3 Å². The summed E-state index contributed by atoms with van der Waals surface area (Å²) in [7, 11) is 0. The monoisotopic (exact) mass is 522 g/mol. The second-order valence-corrected chi connectivity index (χ2v) is 11.6. The van der Waals surface area contributed by atoms with Crippen molar-refractivity contribution in [2.45, 2.75) is 89.3 Å². The average molecular weight is 523 g/mol. The summed E-state index contributed by atoms with van der Waals surface area (Å²) in [6.45, 7) is 4.92. The van der Waals surface area contributed by atoms with Crippen LogP contribution in [-0.4, -0.2) is 46.2 Å². The molecule has 3 aromatic rings. The second-order valence-electron chi connectivity index (χ2n) is 10.5. The summed E-state index contributed by atoms with van der Waals surface area (Å²) in [4.78, 5) is 31.7. The Bertz CT molecular complexity index is 1230. The van der Waals surface area contributed by atoms with Crippen molar-refractivity contribution in [3.63, 3.8) is 0 Å². The van der Waals surface area contributed by atoms with Crippen molar-refractivity contribution in [3.8, 4) is 0 Å². The van der Waals surface area contributed by atoms with Gasteiger partial charge in [-0.25, -0.2) is 4.98 Å². The summed E-state index contributed by atoms with van der Waals surface area (Å²) < 4.78 is 8.44. The number of benzene rings is 1. The topological polar surface area (TPSA) is 85.2 Å². The van der Waals surface area contributed by atoms with Gasteiger partial charge in [0, 0.05) is 22.9 Å². The molecule has 1 spiro atoms. The maximum Gasteiger partial charge on any atom is 0.251 e. The molecular weight excluding hydrogens is 484 g/mol. The zero-order chi connectivity index (χ0) is 25.8. The van der Waals surface area contributed by atoms with E-state index < -0.39 is 0 Å². The quantitative estimate of drug-likeness (QED) is 0.395. The van der Waals surface area contributed by atoms with Crippen LogP contribution in [-0.2, 0) is 16.0 Å². The van der Waals surface area contributed by atoms with Gasteiger partial charge in [0.1, 0.15) is 5.82 Å². The van der Waals surface area contributed by atoms with Crippen molar-refractivity contribution >= 4 is 34.2 Å². The highest BCUT2D eigenvalue weighted by molar-refractivity contribution is 7.09. The fourth-order valence-electron chi connectivity index (χ4n) is 6.07. The van der Waals surface area contributed by atoms with E-state index in [2.05, 4.69) is 46.6 Å². The smallest absolute Gasteiger partial charge is 0.251 e. The number of carbonyl (C=O) groups excluding carboxylic acids is 2. The number of carbonyl (C=O) groups is 2. The van der Waals surface area contributed by atoms with E-state index in [1.165, 1.54) is 24.1 Å². The summed E-state index contributed by atoms with van der Waals surface area (Å²) in [5.41, 5.74) is 2.33. The third-order valence-electron chi connectivity index (χ3n) is 7.99. The molecule has 0 bridgehead atoms. The Morgan fingerprint density at radius 2 is 2.00 bits per heavy atom. The maximum absolute atomic E-state index is 12.9. The van der Waals surface area contributed by atoms with Gasteiger partial charge in [0.05, 0.1) is 35.8 Å². The summed E-state index contributed by atoms with van der Waals surface area (Å²) >= 11 is 1.73. The number of ether oxygens (including phenoxy) is 1. The normalized spacial score (nSPS) is 19.1. The van der Waals surface area contributed by atoms with E-state index in [1.54, 1.807) is 11.3 Å². The lowest BCUT2D eigenvalue weighted by Gasteiger charge is -2.32. The van der Waals surface area contributed by atoms with E-state index in [-0.39, 0.29) is 30.0 Å². The Morgan fingerprint density at radius 3 is 2.73 bits per heavy atom. The fraction of sp³-hybridized carbons (Fsp3) is 0.552. The molecule has 2 fully saturated rings. The Kier molecular flexibility index (Phi) is 7.95. The largest absolute Gasteiger partial charge is 0.373 e. The van der Waals surface area contributed by atoms with Crippen molar-refractivity contribution in [2.75, 3.05) is 13.2 Å². The summed E-state index contributed by atoms with van der Waals surface area (Å²) in [5.74, 6) is 0.588. The van der Waals surface area contributed by atoms with Gasteiger partial charge in [0.2, 0.25) is 5.91 Å². The number of nitrogens with zero attached hydrogens (tertiary/aromatic N) is 2. The Balaban J connectivity index is 1.24. The second kappa shape index (κ2) is 11.4. The van der Waals surface area contributed by atoms with Crippen molar-refractivity contribution in [1.29, 1.82) is 0 Å². The number of nitrogens with one attached hydrogen (secondary N) is 2. The first kappa shape index (κ1) is 25.9. The number of hydrogen-bond donors (Lipinski definition) is 2. The lowest BCUT2D eigenvalue weighted by Crippen LogP contribution is -2.43. The van der Waals surface area contributed by atoms with E-state index in [0.29, 0.717) is 18.2 Å². The fourth-order valence-corrected chi connectivity index (χ4v) is 6.77. The SMILES string of the molecule is CCC(CC)n1c(Cc2cccs2)nc2cc(C(=O)NCC(=O)NC3COC4(CCCCC4)C3)ccc21. The van der Waals surface area contributed by atoms with Gasteiger partial charge in [-0.15, -0.1) is 11.3 Å². The van der Waals surface area contributed by atoms with E-state index in [0.717, 1.165) is 55.4 Å². The molecule has 1 saturated carbocycles. The van der Waals surface area contributed by atoms with Crippen LogP contribution in [0, 0.1) is 0 Å². The first-order chi connectivity index (χ1) is 18.0. The Hall–Kier alpha value is -2.71. The molecule has 7 nitrogen and oxygen atoms in total. The summed E-state index contributed by atoms with van der Waals surface area (Å²) in [5, 5.41) is 7.93. The van der Waals surface area contributed by atoms with Gasteiger partial charge in [0.15, 0.2) is 0 Å². The average Bonchev–Trinajstić information content (AvgIpc) is 3.64. The molecule has 2 aliphatic rings. The molecule has 37 heavy (non-hydrogen) atoms. The standard InChI is InChI=1S/C29H38N4O3S/c1-3-22(4-2)33-25-11-10-20(15-24(25)32-26(33)16-23-9-8-14-37-23)28(35)30-18-27(34)31-21-17-29(36-19-21)12-6-5-7-13-29/h8-11,14-15,21-22H,3-7,12-13,16-19H2,1-2H3,(H,30,35)(H,31,34). The molecule has 1 aliphatic heterocycles. The van der Waals surface area contributed by atoms with Gasteiger partial charge in [-0.3, -0.25) is 9.59 Å². The van der Waals surface area contributed by atoms with E-state index in [1.807, 2.05) is 18.2 Å². The maximum atomic E-state index is 12.9. The van der Waals surface area contributed by atoms with Crippen LogP contribution in [0.15, 0.2) is 35.7 Å². The highest BCUT2D eigenvalue weighted by atomic mass is 32.1. The number of amides is 2. The molecule has 1 saturated heterocycles. The van der Waals surface area contributed by atoms with Crippen LogP contribution in [0.25, 0.3) is 11.0 Å². The summed E-state index contributed by atoms with van der Waals surface area (Å²) in [6, 6.07) is 10.3. The lowest BCUT2D eigenvalue weighted by molar-refractivity contribution is -0.120. The van der Waals surface area contributed by atoms with E-state index in [9.17, 15) is 9.59 Å². The number of aromatic nitrogens is 2. The minimum absolute atomic E-state index is 0.0228. The molecule has 5 rings (SSSR count). The van der Waals surface area contributed by atoms with Crippen molar-refractivity contribution in [3.05, 3.63) is 52.0 Å². The predicted molar refractivity (Wildman–Crippen MR) is 147 cm³/mol. The molecule has 1 aliphatic carbocycles. The predicted octanol–water partition coefficient (Wildman–Crippen LogP) is 5.39. The molecular formula is C29H38N4O3S. The molecule has 2 N–H and O–H groups in total. The number of hydrogen-bond acceptors (Lipinski definition) is 5. The molecule has 1 unspecified atom stereocenters. The highest BCUT2D eigenvalue weighted by Gasteiger charge is 2.41. The van der Waals surface area contributed by atoms with Gasteiger partial charge >= 0.3 is 0 Å². The van der Waals surface area contributed by atoms with Crippen LogP contribution in [0.4, 0.5) is 0 Å². The van der Waals surface area contributed by atoms with Crippen LogP contribution in [0.5, 0.6) is 0 Å². The van der Waals surface area contributed by atoms with Crippen molar-refractivity contribution in [2.24, 2.45) is 0 Å². The van der Waals surface area contributed by atoms with Crippen LogP contribution < -0.4 is 10.6 Å². The van der Waals surface area contributed by atoms with Gasteiger partial charge in [0.25, 0.3) is 5.91 Å². The molecule has 1 atom stereocenters. The lowest BCUT2D eigenvalue weighted by atomic mass is 9.82. The number of fused-ring (bicyclic) bond motifs is 1. The molecule has 3 heterocycles. The summed E-state index contributed by atoms with van der Waals surface area (Å²) in [6.07, 6.45) is 9.52. The minimum Gasteiger partial charge on any atom is -0.373 e. The first-order valence-corrected chi connectivity index (χ1v) is 14.6. The molecule has 1 aromatic carbocycles. The van der Waals surface area contributed by atoms with Crippen molar-refractivity contribution in [1.82, 2.24) is 20.2 Å². The van der Waals surface area contributed by atoms with Crippen LogP contribution >= 0.6 is 11.3 Å². The molecule has 0 radical (unpaired) electrons. The third-order valence-corrected chi connectivity index (χ3v) is 8.87. The number of imidazole rings is 1. The molecule has 2 amide bonds.